The number of nitrogens with one attached hydrogen (secondary N) is 1. The van der Waals surface area contributed by atoms with E-state index in [1.165, 1.54) is 31.4 Å². The summed E-state index contributed by atoms with van der Waals surface area (Å²) in [5.74, 6) is 1.02. The molecular weight excluding hydrogens is 309 g/mol. The summed E-state index contributed by atoms with van der Waals surface area (Å²) in [7, 11) is 1.53. The van der Waals surface area contributed by atoms with Crippen LogP contribution in [0.5, 0.6) is 11.5 Å². The van der Waals surface area contributed by atoms with Crippen LogP contribution < -0.4 is 14.8 Å². The van der Waals surface area contributed by atoms with Gasteiger partial charge in [0.25, 0.3) is 5.91 Å². The van der Waals surface area contributed by atoms with Crippen LogP contribution in [0.25, 0.3) is 0 Å². The van der Waals surface area contributed by atoms with Crippen LogP contribution >= 0.6 is 0 Å². The molecule has 0 fully saturated rings. The minimum absolute atomic E-state index is 0.298. The van der Waals surface area contributed by atoms with Gasteiger partial charge in [-0.2, -0.15) is 0 Å². The second kappa shape index (κ2) is 8.34. The maximum atomic E-state index is 12.9. The van der Waals surface area contributed by atoms with Gasteiger partial charge in [0.2, 0.25) is 0 Å². The number of ether oxygens (including phenoxy) is 2. The van der Waals surface area contributed by atoms with Crippen molar-refractivity contribution in [3.05, 3.63) is 53.8 Å². The predicted octanol–water partition coefficient (Wildman–Crippen LogP) is 4.51. The molecule has 0 spiro atoms. The molecule has 2 aromatic rings. The van der Waals surface area contributed by atoms with Crippen molar-refractivity contribution in [3.63, 3.8) is 0 Å². The van der Waals surface area contributed by atoms with Crippen molar-refractivity contribution in [3.8, 4) is 11.5 Å². The zero-order valence-corrected chi connectivity index (χ0v) is 14.1. The highest BCUT2D eigenvalue weighted by molar-refractivity contribution is 6.04. The number of hydrogen-bond acceptors (Lipinski definition) is 3. The number of anilines is 1. The van der Waals surface area contributed by atoms with Gasteiger partial charge in [-0.3, -0.25) is 4.79 Å². The number of amides is 1. The summed E-state index contributed by atoms with van der Waals surface area (Å²) in [6, 6.07) is 10.6. The molecule has 0 atom stereocenters. The maximum Gasteiger partial charge on any atom is 0.255 e. The average molecular weight is 331 g/mol. The monoisotopic (exact) mass is 331 g/mol. The van der Waals surface area contributed by atoms with Gasteiger partial charge in [-0.05, 0) is 54.8 Å². The largest absolute Gasteiger partial charge is 0.493 e. The quantitative estimate of drug-likeness (QED) is 0.812. The van der Waals surface area contributed by atoms with E-state index in [4.69, 9.17) is 9.47 Å². The molecule has 0 bridgehead atoms. The lowest BCUT2D eigenvalue weighted by Gasteiger charge is -2.13. The number of rotatable bonds is 7. The van der Waals surface area contributed by atoms with Crippen molar-refractivity contribution in [2.45, 2.75) is 20.3 Å². The molecule has 0 aliphatic rings. The Hall–Kier alpha value is -2.56. The number of hydrogen-bond donors (Lipinski definition) is 1. The van der Waals surface area contributed by atoms with Gasteiger partial charge in [0.15, 0.2) is 11.5 Å². The highest BCUT2D eigenvalue weighted by atomic mass is 19.1. The van der Waals surface area contributed by atoms with Crippen LogP contribution in [-0.2, 0) is 0 Å². The molecule has 1 N–H and O–H groups in total. The first-order chi connectivity index (χ1) is 11.5. The molecule has 0 heterocycles. The first-order valence-electron chi connectivity index (χ1n) is 7.87. The van der Waals surface area contributed by atoms with Gasteiger partial charge < -0.3 is 14.8 Å². The van der Waals surface area contributed by atoms with Gasteiger partial charge in [-0.15, -0.1) is 0 Å². The fourth-order valence-corrected chi connectivity index (χ4v) is 2.07. The van der Waals surface area contributed by atoms with Gasteiger partial charge in [-0.25, -0.2) is 4.39 Å². The number of benzene rings is 2. The molecule has 24 heavy (non-hydrogen) atoms. The van der Waals surface area contributed by atoms with E-state index in [-0.39, 0.29) is 11.7 Å². The third-order valence-electron chi connectivity index (χ3n) is 3.48. The van der Waals surface area contributed by atoms with Crippen molar-refractivity contribution in [1.29, 1.82) is 0 Å². The number of carbonyl (C=O) groups excluding carboxylic acids is 1. The van der Waals surface area contributed by atoms with Crippen molar-refractivity contribution in [2.75, 3.05) is 19.0 Å². The van der Waals surface area contributed by atoms with Gasteiger partial charge in [0.05, 0.1) is 13.7 Å². The molecule has 128 valence electrons. The fraction of sp³-hybridized carbons (Fsp3) is 0.316. The Morgan fingerprint density at radius 3 is 2.46 bits per heavy atom. The summed E-state index contributed by atoms with van der Waals surface area (Å²) in [6.45, 7) is 4.85. The van der Waals surface area contributed by atoms with Crippen LogP contribution in [0.2, 0.25) is 0 Å². The van der Waals surface area contributed by atoms with Crippen molar-refractivity contribution in [1.82, 2.24) is 0 Å². The molecule has 0 unspecified atom stereocenters. The molecule has 2 aromatic carbocycles. The van der Waals surface area contributed by atoms with Gasteiger partial charge >= 0.3 is 0 Å². The van der Waals surface area contributed by atoms with Crippen LogP contribution in [0.1, 0.15) is 30.6 Å². The predicted molar refractivity (Wildman–Crippen MR) is 92.3 cm³/mol. The van der Waals surface area contributed by atoms with Crippen LogP contribution in [0.4, 0.5) is 10.1 Å². The minimum atomic E-state index is -0.349. The lowest BCUT2D eigenvalue weighted by molar-refractivity contribution is 0.102. The van der Waals surface area contributed by atoms with Gasteiger partial charge in [0, 0.05) is 11.3 Å². The molecule has 0 saturated heterocycles. The van der Waals surface area contributed by atoms with Crippen LogP contribution in [-0.4, -0.2) is 19.6 Å². The molecule has 0 aliphatic heterocycles. The van der Waals surface area contributed by atoms with E-state index in [2.05, 4.69) is 19.2 Å². The Morgan fingerprint density at radius 1 is 1.12 bits per heavy atom. The minimum Gasteiger partial charge on any atom is -0.493 e. The Morgan fingerprint density at radius 2 is 1.83 bits per heavy atom. The third-order valence-corrected chi connectivity index (χ3v) is 3.48. The van der Waals surface area contributed by atoms with E-state index < -0.39 is 0 Å². The van der Waals surface area contributed by atoms with Crippen LogP contribution in [0.15, 0.2) is 42.5 Å². The van der Waals surface area contributed by atoms with Gasteiger partial charge in [-0.1, -0.05) is 13.8 Å². The Balaban J connectivity index is 2.07. The van der Waals surface area contributed by atoms with E-state index in [1.807, 2.05) is 0 Å². The van der Waals surface area contributed by atoms with E-state index in [0.29, 0.717) is 35.3 Å². The summed E-state index contributed by atoms with van der Waals surface area (Å²) < 4.78 is 23.9. The highest BCUT2D eigenvalue weighted by Crippen LogP contribution is 2.28. The summed E-state index contributed by atoms with van der Waals surface area (Å²) in [5, 5.41) is 2.71. The van der Waals surface area contributed by atoms with E-state index >= 15 is 0 Å². The first-order valence-corrected chi connectivity index (χ1v) is 7.87. The maximum absolute atomic E-state index is 12.9. The molecule has 5 heteroatoms. The second-order valence-corrected chi connectivity index (χ2v) is 5.86. The third kappa shape index (κ3) is 4.98. The van der Waals surface area contributed by atoms with Crippen molar-refractivity contribution >= 4 is 11.6 Å². The highest BCUT2D eigenvalue weighted by Gasteiger charge is 2.12. The molecule has 0 radical (unpaired) electrons. The zero-order valence-electron chi connectivity index (χ0n) is 14.1. The SMILES string of the molecule is COc1cc(C(=O)Nc2ccc(F)cc2)ccc1OCCC(C)C. The lowest BCUT2D eigenvalue weighted by Crippen LogP contribution is -2.12. The standard InChI is InChI=1S/C19H22FNO3/c1-13(2)10-11-24-17-9-4-14(12-18(17)23-3)19(22)21-16-7-5-15(20)6-8-16/h4-9,12-13H,10-11H2,1-3H3,(H,21,22). The van der Waals surface area contributed by atoms with Crippen LogP contribution in [0, 0.1) is 11.7 Å². The first kappa shape index (κ1) is 17.8. The topological polar surface area (TPSA) is 47.6 Å². The summed E-state index contributed by atoms with van der Waals surface area (Å²) >= 11 is 0. The van der Waals surface area contributed by atoms with E-state index in [0.717, 1.165) is 6.42 Å². The summed E-state index contributed by atoms with van der Waals surface area (Å²) in [6.07, 6.45) is 0.940. The van der Waals surface area contributed by atoms with Crippen LogP contribution in [0.3, 0.4) is 0 Å². The average Bonchev–Trinajstić information content (AvgIpc) is 2.56. The summed E-state index contributed by atoms with van der Waals surface area (Å²) in [5.41, 5.74) is 0.963. The lowest BCUT2D eigenvalue weighted by atomic mass is 10.1. The second-order valence-electron chi connectivity index (χ2n) is 5.86. The Kier molecular flexibility index (Phi) is 6.18. The molecule has 4 nitrogen and oxygen atoms in total. The fourth-order valence-electron chi connectivity index (χ4n) is 2.07. The molecule has 1 amide bonds. The molecule has 0 aromatic heterocycles. The van der Waals surface area contributed by atoms with E-state index in [1.54, 1.807) is 18.2 Å². The van der Waals surface area contributed by atoms with Crippen molar-refractivity contribution < 1.29 is 18.7 Å². The zero-order chi connectivity index (χ0) is 17.5. The Bertz CT molecular complexity index is 684. The number of methoxy groups -OCH3 is 1. The molecule has 0 aliphatic carbocycles. The normalized spacial score (nSPS) is 10.5. The molecule has 2 rings (SSSR count). The molecule has 0 saturated carbocycles. The van der Waals surface area contributed by atoms with Gasteiger partial charge in [0.1, 0.15) is 5.82 Å². The smallest absolute Gasteiger partial charge is 0.255 e. The van der Waals surface area contributed by atoms with Crippen molar-refractivity contribution in [2.24, 2.45) is 5.92 Å². The van der Waals surface area contributed by atoms with E-state index in [9.17, 15) is 9.18 Å². The number of halogens is 1. The molecular formula is C19H22FNO3. The summed E-state index contributed by atoms with van der Waals surface area (Å²) in [4.78, 5) is 12.3. The Labute approximate surface area is 141 Å². The number of carbonyl (C=O) groups is 1.